The number of carbonyl (C=O) groups is 1. The molecule has 4 heteroatoms. The molecule has 0 radical (unpaired) electrons. The average Bonchev–Trinajstić information content (AvgIpc) is 3.06. The Morgan fingerprint density at radius 3 is 2.45 bits per heavy atom. The van der Waals surface area contributed by atoms with Gasteiger partial charge in [-0.25, -0.2) is 0 Å². The molecular formula is C18H24N2O2. The lowest BCUT2D eigenvalue weighted by Gasteiger charge is -2.18. The molecule has 1 aliphatic rings. The minimum atomic E-state index is -0.590. The molecule has 0 aromatic heterocycles. The van der Waals surface area contributed by atoms with Gasteiger partial charge in [-0.2, -0.15) is 5.26 Å². The SMILES string of the molecule is CC(C)c1ccc(OCCC(C#N)C(=O)N2CCCC2)cc1. The maximum atomic E-state index is 12.2. The third-order valence-corrected chi connectivity index (χ3v) is 4.09. The number of rotatable bonds is 6. The van der Waals surface area contributed by atoms with Crippen molar-refractivity contribution in [2.75, 3.05) is 19.7 Å². The van der Waals surface area contributed by atoms with Gasteiger partial charge in [0.1, 0.15) is 11.7 Å². The number of hydrogen-bond donors (Lipinski definition) is 0. The van der Waals surface area contributed by atoms with Crippen LogP contribution in [0.3, 0.4) is 0 Å². The first-order valence-electron chi connectivity index (χ1n) is 8.03. The van der Waals surface area contributed by atoms with Gasteiger partial charge in [-0.05, 0) is 36.5 Å². The molecule has 0 N–H and O–H groups in total. The molecular weight excluding hydrogens is 276 g/mol. The maximum Gasteiger partial charge on any atom is 0.240 e. The second-order valence-electron chi connectivity index (χ2n) is 6.07. The highest BCUT2D eigenvalue weighted by molar-refractivity contribution is 5.81. The lowest BCUT2D eigenvalue weighted by Crippen LogP contribution is -2.33. The Labute approximate surface area is 132 Å². The van der Waals surface area contributed by atoms with Crippen LogP contribution in [0.1, 0.15) is 44.6 Å². The van der Waals surface area contributed by atoms with E-state index in [1.807, 2.05) is 12.1 Å². The molecule has 1 aromatic carbocycles. The van der Waals surface area contributed by atoms with Crippen LogP contribution >= 0.6 is 0 Å². The Kier molecular flexibility index (Phi) is 5.83. The van der Waals surface area contributed by atoms with Crippen LogP contribution in [0.2, 0.25) is 0 Å². The Hall–Kier alpha value is -2.02. The first-order chi connectivity index (χ1) is 10.6. The summed E-state index contributed by atoms with van der Waals surface area (Å²) in [5.74, 6) is 0.650. The summed E-state index contributed by atoms with van der Waals surface area (Å²) in [4.78, 5) is 14.0. The Bertz CT molecular complexity index is 525. The number of hydrogen-bond acceptors (Lipinski definition) is 3. The monoisotopic (exact) mass is 300 g/mol. The van der Waals surface area contributed by atoms with Crippen molar-refractivity contribution in [1.82, 2.24) is 4.90 Å². The topological polar surface area (TPSA) is 53.3 Å². The summed E-state index contributed by atoms with van der Waals surface area (Å²) in [6.45, 7) is 6.26. The van der Waals surface area contributed by atoms with Crippen LogP contribution in [-0.4, -0.2) is 30.5 Å². The third-order valence-electron chi connectivity index (χ3n) is 4.09. The third kappa shape index (κ3) is 4.24. The molecule has 22 heavy (non-hydrogen) atoms. The van der Waals surface area contributed by atoms with Crippen LogP contribution in [0.5, 0.6) is 5.75 Å². The summed E-state index contributed by atoms with van der Waals surface area (Å²) in [5, 5.41) is 9.20. The summed E-state index contributed by atoms with van der Waals surface area (Å²) in [6, 6.07) is 10.1. The van der Waals surface area contributed by atoms with Gasteiger partial charge in [0.15, 0.2) is 0 Å². The van der Waals surface area contributed by atoms with E-state index in [9.17, 15) is 10.1 Å². The predicted molar refractivity (Wildman–Crippen MR) is 85.6 cm³/mol. The fraction of sp³-hybridized carbons (Fsp3) is 0.556. The maximum absolute atomic E-state index is 12.2. The van der Waals surface area contributed by atoms with Gasteiger partial charge in [0.25, 0.3) is 0 Å². The van der Waals surface area contributed by atoms with E-state index in [-0.39, 0.29) is 5.91 Å². The number of nitriles is 1. The van der Waals surface area contributed by atoms with E-state index in [1.165, 1.54) is 5.56 Å². The zero-order valence-electron chi connectivity index (χ0n) is 13.4. The molecule has 1 fully saturated rings. The minimum Gasteiger partial charge on any atom is -0.494 e. The summed E-state index contributed by atoms with van der Waals surface area (Å²) in [7, 11) is 0. The molecule has 1 aliphatic heterocycles. The predicted octanol–water partition coefficient (Wildman–Crippen LogP) is 3.34. The fourth-order valence-corrected chi connectivity index (χ4v) is 2.64. The van der Waals surface area contributed by atoms with Crippen molar-refractivity contribution in [2.45, 2.75) is 39.0 Å². The second-order valence-corrected chi connectivity index (χ2v) is 6.07. The average molecular weight is 300 g/mol. The largest absolute Gasteiger partial charge is 0.494 e. The molecule has 1 heterocycles. The fourth-order valence-electron chi connectivity index (χ4n) is 2.64. The van der Waals surface area contributed by atoms with E-state index in [4.69, 9.17) is 4.74 Å². The van der Waals surface area contributed by atoms with Crippen molar-refractivity contribution in [2.24, 2.45) is 5.92 Å². The molecule has 118 valence electrons. The normalized spacial score (nSPS) is 15.6. The molecule has 1 atom stereocenters. The van der Waals surface area contributed by atoms with Crippen molar-refractivity contribution in [3.8, 4) is 11.8 Å². The van der Waals surface area contributed by atoms with Gasteiger partial charge in [0.05, 0.1) is 12.7 Å². The summed E-state index contributed by atoms with van der Waals surface area (Å²) in [5.41, 5.74) is 1.27. The minimum absolute atomic E-state index is 0.0428. The van der Waals surface area contributed by atoms with Crippen LogP contribution in [0, 0.1) is 17.2 Å². The van der Waals surface area contributed by atoms with Crippen LogP contribution in [0.4, 0.5) is 0 Å². The van der Waals surface area contributed by atoms with Crippen molar-refractivity contribution in [3.63, 3.8) is 0 Å². The molecule has 1 amide bonds. The Morgan fingerprint density at radius 2 is 1.91 bits per heavy atom. The van der Waals surface area contributed by atoms with E-state index < -0.39 is 5.92 Å². The van der Waals surface area contributed by atoms with E-state index in [1.54, 1.807) is 4.90 Å². The summed E-state index contributed by atoms with van der Waals surface area (Å²) < 4.78 is 5.66. The number of benzene rings is 1. The first kappa shape index (κ1) is 16.4. The molecule has 2 rings (SSSR count). The van der Waals surface area contributed by atoms with Crippen LogP contribution in [-0.2, 0) is 4.79 Å². The molecule has 0 aliphatic carbocycles. The quantitative estimate of drug-likeness (QED) is 0.809. The van der Waals surface area contributed by atoms with Crippen molar-refractivity contribution in [3.05, 3.63) is 29.8 Å². The highest BCUT2D eigenvalue weighted by atomic mass is 16.5. The highest BCUT2D eigenvalue weighted by Crippen LogP contribution is 2.19. The van der Waals surface area contributed by atoms with Gasteiger partial charge in [-0.3, -0.25) is 4.79 Å². The zero-order valence-corrected chi connectivity index (χ0v) is 13.4. The van der Waals surface area contributed by atoms with Gasteiger partial charge >= 0.3 is 0 Å². The zero-order chi connectivity index (χ0) is 15.9. The van der Waals surface area contributed by atoms with Gasteiger partial charge in [-0.15, -0.1) is 0 Å². The van der Waals surface area contributed by atoms with E-state index in [0.717, 1.165) is 31.7 Å². The number of carbonyl (C=O) groups excluding carboxylic acids is 1. The first-order valence-corrected chi connectivity index (χ1v) is 8.03. The van der Waals surface area contributed by atoms with Gasteiger partial charge < -0.3 is 9.64 Å². The molecule has 1 saturated heterocycles. The van der Waals surface area contributed by atoms with Crippen LogP contribution in [0.25, 0.3) is 0 Å². The summed E-state index contributed by atoms with van der Waals surface area (Å²) >= 11 is 0. The van der Waals surface area contributed by atoms with Crippen molar-refractivity contribution < 1.29 is 9.53 Å². The molecule has 1 unspecified atom stereocenters. The smallest absolute Gasteiger partial charge is 0.240 e. The van der Waals surface area contributed by atoms with Gasteiger partial charge in [-0.1, -0.05) is 26.0 Å². The van der Waals surface area contributed by atoms with Crippen molar-refractivity contribution in [1.29, 1.82) is 5.26 Å². The van der Waals surface area contributed by atoms with Gasteiger partial charge in [0.2, 0.25) is 5.91 Å². The molecule has 0 spiro atoms. The number of likely N-dealkylation sites (tertiary alicyclic amines) is 1. The molecule has 0 saturated carbocycles. The lowest BCUT2D eigenvalue weighted by atomic mass is 10.0. The van der Waals surface area contributed by atoms with Crippen LogP contribution < -0.4 is 4.74 Å². The number of ether oxygens (including phenoxy) is 1. The molecule has 4 nitrogen and oxygen atoms in total. The van der Waals surface area contributed by atoms with E-state index in [2.05, 4.69) is 32.0 Å². The molecule has 1 aromatic rings. The number of nitrogens with zero attached hydrogens (tertiary/aromatic N) is 2. The van der Waals surface area contributed by atoms with Crippen molar-refractivity contribution >= 4 is 5.91 Å². The van der Waals surface area contributed by atoms with E-state index in [0.29, 0.717) is 18.9 Å². The van der Waals surface area contributed by atoms with Crippen LogP contribution in [0.15, 0.2) is 24.3 Å². The standard InChI is InChI=1S/C18H24N2O2/c1-14(2)15-5-7-17(8-6-15)22-12-9-16(13-19)18(21)20-10-3-4-11-20/h5-8,14,16H,3-4,9-12H2,1-2H3. The second kappa shape index (κ2) is 7.84. The highest BCUT2D eigenvalue weighted by Gasteiger charge is 2.26. The summed E-state index contributed by atoms with van der Waals surface area (Å²) in [6.07, 6.45) is 2.53. The Balaban J connectivity index is 1.81. The lowest BCUT2D eigenvalue weighted by molar-refractivity contribution is -0.133. The Morgan fingerprint density at radius 1 is 1.27 bits per heavy atom. The number of amides is 1. The molecule has 0 bridgehead atoms. The van der Waals surface area contributed by atoms with Gasteiger partial charge in [0, 0.05) is 19.5 Å². The van der Waals surface area contributed by atoms with E-state index >= 15 is 0 Å².